The maximum Gasteiger partial charge on any atom is 0.338 e. The van der Waals surface area contributed by atoms with Crippen molar-refractivity contribution in [3.8, 4) is 10.6 Å². The number of rotatable bonds is 3. The molecule has 1 aliphatic rings. The van der Waals surface area contributed by atoms with Crippen molar-refractivity contribution in [1.82, 2.24) is 9.97 Å². The van der Waals surface area contributed by atoms with Crippen LogP contribution in [0.1, 0.15) is 15.9 Å². The molecule has 7 nitrogen and oxygen atoms in total. The number of nitrogens with zero attached hydrogens (tertiary/aromatic N) is 3. The number of hydrogen-bond donors (Lipinski definition) is 1. The normalized spacial score (nSPS) is 13.1. The van der Waals surface area contributed by atoms with Gasteiger partial charge in [-0.15, -0.1) is 11.3 Å². The van der Waals surface area contributed by atoms with Gasteiger partial charge in [-0.25, -0.2) is 14.6 Å². The molecule has 130 valence electrons. The van der Waals surface area contributed by atoms with E-state index in [2.05, 4.69) is 15.3 Å². The molecule has 1 aliphatic heterocycles. The largest absolute Gasteiger partial charge is 0.465 e. The van der Waals surface area contributed by atoms with Crippen LogP contribution in [0.4, 0.5) is 16.3 Å². The molecular formula is C18H14N4O3S. The minimum Gasteiger partial charge on any atom is -0.465 e. The molecule has 0 fully saturated rings. The highest BCUT2D eigenvalue weighted by Crippen LogP contribution is 2.33. The van der Waals surface area contributed by atoms with Crippen LogP contribution in [0.2, 0.25) is 0 Å². The Bertz CT molecular complexity index is 987. The third kappa shape index (κ3) is 2.80. The third-order valence-electron chi connectivity index (χ3n) is 4.08. The average molecular weight is 366 g/mol. The monoisotopic (exact) mass is 366 g/mol. The van der Waals surface area contributed by atoms with E-state index in [-0.39, 0.29) is 12.6 Å². The van der Waals surface area contributed by atoms with Crippen LogP contribution >= 0.6 is 11.3 Å². The van der Waals surface area contributed by atoms with E-state index < -0.39 is 5.97 Å². The molecule has 0 saturated carbocycles. The highest BCUT2D eigenvalue weighted by atomic mass is 32.1. The summed E-state index contributed by atoms with van der Waals surface area (Å²) < 4.78 is 4.84. The van der Waals surface area contributed by atoms with Gasteiger partial charge in [-0.2, -0.15) is 0 Å². The summed E-state index contributed by atoms with van der Waals surface area (Å²) in [6, 6.07) is 8.61. The smallest absolute Gasteiger partial charge is 0.338 e. The minimum atomic E-state index is -0.436. The molecule has 26 heavy (non-hydrogen) atoms. The van der Waals surface area contributed by atoms with E-state index in [1.165, 1.54) is 23.3 Å². The van der Waals surface area contributed by atoms with Crippen LogP contribution in [-0.4, -0.2) is 29.1 Å². The lowest BCUT2D eigenvalue weighted by Crippen LogP contribution is -2.39. The fourth-order valence-corrected chi connectivity index (χ4v) is 3.60. The predicted molar refractivity (Wildman–Crippen MR) is 98.3 cm³/mol. The number of anilines is 2. The second kappa shape index (κ2) is 6.57. The topological polar surface area (TPSA) is 84.4 Å². The molecule has 0 aliphatic carbocycles. The van der Waals surface area contributed by atoms with Crippen molar-refractivity contribution in [1.29, 1.82) is 0 Å². The summed E-state index contributed by atoms with van der Waals surface area (Å²) in [5.74, 6) is 0.0957. The van der Waals surface area contributed by atoms with E-state index in [9.17, 15) is 9.59 Å². The molecule has 0 spiro atoms. The Hall–Kier alpha value is -3.26. The Morgan fingerprint density at radius 1 is 1.27 bits per heavy atom. The molecule has 3 heterocycles. The van der Waals surface area contributed by atoms with E-state index in [0.717, 1.165) is 10.6 Å². The Kier molecular flexibility index (Phi) is 4.10. The second-order valence-electron chi connectivity index (χ2n) is 5.59. The van der Waals surface area contributed by atoms with E-state index in [1.807, 2.05) is 17.5 Å². The van der Waals surface area contributed by atoms with Crippen molar-refractivity contribution in [3.05, 3.63) is 59.2 Å². The first-order valence-corrected chi connectivity index (χ1v) is 8.70. The van der Waals surface area contributed by atoms with E-state index in [4.69, 9.17) is 4.74 Å². The molecule has 4 rings (SSSR count). The average Bonchev–Trinajstić information content (AvgIpc) is 3.17. The number of benzene rings is 1. The van der Waals surface area contributed by atoms with Gasteiger partial charge in [-0.1, -0.05) is 6.07 Å². The quantitative estimate of drug-likeness (QED) is 0.717. The molecule has 2 amide bonds. The van der Waals surface area contributed by atoms with Crippen LogP contribution < -0.4 is 10.2 Å². The molecular weight excluding hydrogens is 352 g/mol. The number of ether oxygens (including phenoxy) is 1. The van der Waals surface area contributed by atoms with Crippen molar-refractivity contribution in [2.24, 2.45) is 0 Å². The number of amides is 2. The number of aromatic nitrogens is 2. The van der Waals surface area contributed by atoms with Crippen molar-refractivity contribution in [2.45, 2.75) is 6.54 Å². The SMILES string of the molecule is COC(=O)c1cccc2c1CN(c1csc(-c3ccncc3)n1)C(=O)N2. The fraction of sp³-hybridized carbons (Fsp3) is 0.111. The van der Waals surface area contributed by atoms with Crippen LogP contribution in [0.5, 0.6) is 0 Å². The number of esters is 1. The van der Waals surface area contributed by atoms with Gasteiger partial charge in [-0.3, -0.25) is 9.88 Å². The first-order chi connectivity index (χ1) is 12.7. The number of hydrogen-bond acceptors (Lipinski definition) is 6. The van der Waals surface area contributed by atoms with Gasteiger partial charge >= 0.3 is 12.0 Å². The standard InChI is InChI=1S/C18H14N4O3S/c1-25-17(23)12-3-2-4-14-13(12)9-22(18(24)20-14)15-10-26-16(21-15)11-5-7-19-8-6-11/h2-8,10H,9H2,1H3,(H,20,24). The molecule has 2 aromatic heterocycles. The predicted octanol–water partition coefficient (Wildman–Crippen LogP) is 3.54. The van der Waals surface area contributed by atoms with Crippen LogP contribution in [-0.2, 0) is 11.3 Å². The van der Waals surface area contributed by atoms with E-state index in [1.54, 1.807) is 30.6 Å². The van der Waals surface area contributed by atoms with Gasteiger partial charge in [0.2, 0.25) is 0 Å². The minimum absolute atomic E-state index is 0.242. The maximum atomic E-state index is 12.5. The molecule has 0 radical (unpaired) electrons. The number of thiazole rings is 1. The Morgan fingerprint density at radius 2 is 2.08 bits per heavy atom. The lowest BCUT2D eigenvalue weighted by molar-refractivity contribution is 0.0599. The number of carbonyl (C=O) groups excluding carboxylic acids is 2. The number of pyridine rings is 1. The summed E-state index contributed by atoms with van der Waals surface area (Å²) >= 11 is 1.44. The zero-order valence-corrected chi connectivity index (χ0v) is 14.6. The number of nitrogens with one attached hydrogen (secondary N) is 1. The number of carbonyl (C=O) groups is 2. The maximum absolute atomic E-state index is 12.5. The van der Waals surface area contributed by atoms with Gasteiger partial charge in [0.1, 0.15) is 10.8 Å². The van der Waals surface area contributed by atoms with Crippen molar-refractivity contribution >= 4 is 34.8 Å². The lowest BCUT2D eigenvalue weighted by atomic mass is 10.0. The summed E-state index contributed by atoms with van der Waals surface area (Å²) in [4.78, 5) is 34.6. The third-order valence-corrected chi connectivity index (χ3v) is 4.96. The summed E-state index contributed by atoms with van der Waals surface area (Å²) in [7, 11) is 1.34. The summed E-state index contributed by atoms with van der Waals surface area (Å²) in [6.45, 7) is 0.242. The van der Waals surface area contributed by atoms with Gasteiger partial charge in [0, 0.05) is 34.6 Å². The van der Waals surface area contributed by atoms with Gasteiger partial charge in [0.25, 0.3) is 0 Å². The molecule has 8 heteroatoms. The lowest BCUT2D eigenvalue weighted by Gasteiger charge is -2.28. The zero-order chi connectivity index (χ0) is 18.1. The van der Waals surface area contributed by atoms with E-state index in [0.29, 0.717) is 22.6 Å². The molecule has 0 bridgehead atoms. The van der Waals surface area contributed by atoms with Gasteiger partial charge < -0.3 is 10.1 Å². The highest BCUT2D eigenvalue weighted by Gasteiger charge is 2.29. The van der Waals surface area contributed by atoms with Crippen LogP contribution in [0.15, 0.2) is 48.1 Å². The van der Waals surface area contributed by atoms with Crippen molar-refractivity contribution < 1.29 is 14.3 Å². The molecule has 0 saturated heterocycles. The molecule has 1 aromatic carbocycles. The van der Waals surface area contributed by atoms with Crippen molar-refractivity contribution in [2.75, 3.05) is 17.3 Å². The molecule has 1 N–H and O–H groups in total. The Morgan fingerprint density at radius 3 is 2.85 bits per heavy atom. The molecule has 0 unspecified atom stereocenters. The molecule has 3 aromatic rings. The first kappa shape index (κ1) is 16.2. The van der Waals surface area contributed by atoms with Crippen LogP contribution in [0.25, 0.3) is 10.6 Å². The number of methoxy groups -OCH3 is 1. The fourth-order valence-electron chi connectivity index (χ4n) is 2.79. The van der Waals surface area contributed by atoms with Gasteiger partial charge in [0.15, 0.2) is 0 Å². The number of fused-ring (bicyclic) bond motifs is 1. The first-order valence-electron chi connectivity index (χ1n) is 7.82. The van der Waals surface area contributed by atoms with Crippen molar-refractivity contribution in [3.63, 3.8) is 0 Å². The Labute approximate surface area is 153 Å². The number of urea groups is 1. The summed E-state index contributed by atoms with van der Waals surface area (Å²) in [5, 5.41) is 5.42. The zero-order valence-electron chi connectivity index (χ0n) is 13.8. The summed E-state index contributed by atoms with van der Waals surface area (Å²) in [5.41, 5.74) is 2.68. The van der Waals surface area contributed by atoms with Gasteiger partial charge in [0.05, 0.1) is 19.2 Å². The Balaban J connectivity index is 1.69. The van der Waals surface area contributed by atoms with E-state index >= 15 is 0 Å². The van der Waals surface area contributed by atoms with Crippen LogP contribution in [0.3, 0.4) is 0 Å². The summed E-state index contributed by atoms with van der Waals surface area (Å²) in [6.07, 6.45) is 3.39. The highest BCUT2D eigenvalue weighted by molar-refractivity contribution is 7.13. The van der Waals surface area contributed by atoms with Gasteiger partial charge in [-0.05, 0) is 24.3 Å². The van der Waals surface area contributed by atoms with Crippen LogP contribution in [0, 0.1) is 0 Å². The molecule has 0 atom stereocenters. The second-order valence-corrected chi connectivity index (χ2v) is 6.44.